The molecule has 590 valence electrons. The summed E-state index contributed by atoms with van der Waals surface area (Å²) in [7, 11) is -27.3. The topological polar surface area (TPSA) is 769 Å². The van der Waals surface area contributed by atoms with Crippen LogP contribution < -0.4 is 56.4 Å². The lowest BCUT2D eigenvalue weighted by atomic mass is 10.2. The van der Waals surface area contributed by atoms with Crippen LogP contribution in [-0.2, 0) is 87.2 Å². The number of nitrogens with two attached hydrogens (primary N) is 4. The summed E-state index contributed by atoms with van der Waals surface area (Å²) in [6.45, 7) is -3.67. The van der Waals surface area contributed by atoms with Gasteiger partial charge in [0.15, 0.2) is 44.7 Å². The van der Waals surface area contributed by atoms with Gasteiger partial charge in [-0.05, 0) is 6.92 Å². The monoisotopic (exact) mass is 1640 g/mol. The Hall–Kier alpha value is -8.41. The summed E-state index contributed by atoms with van der Waals surface area (Å²) in [5.41, 5.74) is 17.0. The first-order valence-corrected chi connectivity index (χ1v) is 39.4. The molecular weight excluding hydrogens is 1580 g/mol. The fraction of sp³-hybridized carbons (Fsp3) is 0.520. The minimum absolute atomic E-state index is 0.124. The van der Waals surface area contributed by atoms with E-state index in [9.17, 15) is 86.1 Å². The van der Waals surface area contributed by atoms with Gasteiger partial charge in [0.1, 0.15) is 86.1 Å². The minimum atomic E-state index is -5.62. The molecule has 14 heterocycles. The molecule has 5 fully saturated rings. The standard InChI is InChI=1S/C50H63N22O32P5/c1-17-7-68(50(79)67-41(17)74)28-2-18(73)23(96-28)8-92-106(83,84)102-20-4-30(70-14-56-34-38(70)60-47(52)64-43(34)76)98-25(20)10-94-108(87,88)104-22-6-32(72-16-58-36-40(72)62-49(54)66-45(36)78)100-27(22)12-95-109(89,90)103-21-5-31(71-15-57-35-39(71)61-48(53)65-44(35)77)99-26(21)11-93-107(85,86)101-19-3-29(97-24(19)9-91-105(80,81)82)69-13-55-33-37(69)59-46(51)63-42(33)75/h7,13-16,18-32,73H,2-6,8-12H2,1H3,(H,83,84)(H,85,86)(H,87,88)(H,89,90)(H,67,74,79)(H2,80,81,82)(H3,51,59,63,75)(H3,52,60,64,76)(H3,53,61,65,77)(H3,54,62,66,78)/t18-,19-,20-,21-,22-,23+,24+,25+,26+,27+,28+,29+,30+,31+,32+/m0/s1. The Labute approximate surface area is 601 Å². The number of aromatic amines is 5. The number of aliphatic hydroxyl groups is 1. The fourth-order valence-electron chi connectivity index (χ4n) is 12.6. The number of phosphoric ester groups is 5. The van der Waals surface area contributed by atoms with E-state index in [1.807, 2.05) is 0 Å². The van der Waals surface area contributed by atoms with Crippen LogP contribution >= 0.6 is 39.1 Å². The smallest absolute Gasteiger partial charge is 0.390 e. The van der Waals surface area contributed by atoms with E-state index in [4.69, 9.17) is 82.8 Å². The normalized spacial score (nSPS) is 28.3. The number of fused-ring (bicyclic) bond motifs is 4. The van der Waals surface area contributed by atoms with Gasteiger partial charge in [-0.3, -0.25) is 112 Å². The zero-order valence-corrected chi connectivity index (χ0v) is 59.8. The maximum absolute atomic E-state index is 14.4. The van der Waals surface area contributed by atoms with Crippen molar-refractivity contribution in [3.63, 3.8) is 0 Å². The third kappa shape index (κ3) is 16.8. The number of anilines is 4. The number of ether oxygens (including phenoxy) is 5. The highest BCUT2D eigenvalue weighted by atomic mass is 31.2. The number of nitrogens with one attached hydrogen (secondary N) is 5. The number of aryl methyl sites for hydroxylation is 1. The van der Waals surface area contributed by atoms with Gasteiger partial charge in [0.25, 0.3) is 27.8 Å². The van der Waals surface area contributed by atoms with Gasteiger partial charge in [-0.1, -0.05) is 0 Å². The average Bonchev–Trinajstić information content (AvgIpc) is 1.64. The van der Waals surface area contributed by atoms with Gasteiger partial charge in [0.2, 0.25) is 23.8 Å². The van der Waals surface area contributed by atoms with Crippen molar-refractivity contribution in [1.82, 2.24) is 87.6 Å². The summed E-state index contributed by atoms with van der Waals surface area (Å²) in [4.78, 5) is 184. The Kier molecular flexibility index (Phi) is 21.1. The molecule has 0 aromatic carbocycles. The van der Waals surface area contributed by atoms with Crippen LogP contribution in [0.5, 0.6) is 0 Å². The lowest BCUT2D eigenvalue weighted by molar-refractivity contribution is -0.0633. The van der Waals surface area contributed by atoms with Crippen molar-refractivity contribution in [3.8, 4) is 0 Å². The van der Waals surface area contributed by atoms with Crippen molar-refractivity contribution in [3.05, 3.63) is 99.3 Å². The molecule has 0 aliphatic carbocycles. The summed E-state index contributed by atoms with van der Waals surface area (Å²) in [6.07, 6.45) is -19.7. The number of rotatable bonds is 28. The molecule has 19 atom stereocenters. The third-order valence-corrected chi connectivity index (χ3v) is 22.1. The number of hydrogen-bond donors (Lipinski definition) is 16. The molecule has 9 aromatic rings. The van der Waals surface area contributed by atoms with Gasteiger partial charge in [-0.2, -0.15) is 19.9 Å². The van der Waals surface area contributed by atoms with Crippen LogP contribution in [0.2, 0.25) is 0 Å². The molecule has 5 aliphatic rings. The number of nitrogen functional groups attached to an aromatic ring is 4. The van der Waals surface area contributed by atoms with Crippen LogP contribution in [0.3, 0.4) is 0 Å². The first-order chi connectivity index (χ1) is 51.4. The van der Waals surface area contributed by atoms with E-state index >= 15 is 0 Å². The molecule has 109 heavy (non-hydrogen) atoms. The molecule has 14 rings (SSSR count). The van der Waals surface area contributed by atoms with E-state index in [1.165, 1.54) is 22.3 Å². The number of aromatic nitrogens is 18. The van der Waals surface area contributed by atoms with Gasteiger partial charge < -0.3 is 81.1 Å². The molecular formula is C50H63N22O32P5. The highest BCUT2D eigenvalue weighted by Crippen LogP contribution is 2.56. The highest BCUT2D eigenvalue weighted by Gasteiger charge is 2.51. The largest absolute Gasteiger partial charge is 0.472 e. The van der Waals surface area contributed by atoms with Gasteiger partial charge in [0, 0.05) is 43.9 Å². The summed E-state index contributed by atoms with van der Waals surface area (Å²) < 4.78 is 153. The molecule has 5 aliphatic heterocycles. The van der Waals surface area contributed by atoms with Gasteiger partial charge >= 0.3 is 44.8 Å². The first kappa shape index (κ1) is 77.3. The molecule has 0 spiro atoms. The molecule has 0 radical (unpaired) electrons. The summed E-state index contributed by atoms with van der Waals surface area (Å²) >= 11 is 0. The van der Waals surface area contributed by atoms with Crippen molar-refractivity contribution in [2.75, 3.05) is 56.0 Å². The van der Waals surface area contributed by atoms with E-state index in [2.05, 4.69) is 69.3 Å². The van der Waals surface area contributed by atoms with E-state index in [1.54, 1.807) is 0 Å². The Morgan fingerprint density at radius 3 is 0.963 bits per heavy atom. The van der Waals surface area contributed by atoms with Crippen LogP contribution in [0.15, 0.2) is 60.3 Å². The second-order valence-corrected chi connectivity index (χ2v) is 31.8. The van der Waals surface area contributed by atoms with E-state index < -0.39 is 229 Å². The number of hydrogen-bond acceptors (Lipinski definition) is 38. The van der Waals surface area contributed by atoms with Crippen molar-refractivity contribution >= 4 is 108 Å². The van der Waals surface area contributed by atoms with Crippen molar-refractivity contribution in [1.29, 1.82) is 0 Å². The maximum atomic E-state index is 14.4. The van der Waals surface area contributed by atoms with E-state index in [-0.39, 0.29) is 74.5 Å². The number of H-pyrrole nitrogens is 5. The molecule has 0 saturated carbocycles. The molecule has 9 aromatic heterocycles. The van der Waals surface area contributed by atoms with Crippen LogP contribution in [0, 0.1) is 6.92 Å². The van der Waals surface area contributed by atoms with Crippen LogP contribution in [0.25, 0.3) is 44.7 Å². The average molecular weight is 1640 g/mol. The van der Waals surface area contributed by atoms with Crippen LogP contribution in [0.1, 0.15) is 68.8 Å². The van der Waals surface area contributed by atoms with E-state index in [0.717, 1.165) is 39.0 Å². The predicted molar refractivity (Wildman–Crippen MR) is 356 cm³/mol. The fourth-order valence-corrected chi connectivity index (χ4v) is 16.8. The van der Waals surface area contributed by atoms with Crippen LogP contribution in [0.4, 0.5) is 23.8 Å². The van der Waals surface area contributed by atoms with Gasteiger partial charge in [-0.25, -0.2) is 47.6 Å². The lowest BCUT2D eigenvalue weighted by Gasteiger charge is -2.25. The van der Waals surface area contributed by atoms with E-state index in [0.29, 0.717) is 0 Å². The molecule has 54 nitrogen and oxygen atoms in total. The SMILES string of the molecule is Cc1cn([C@H]2C[C@H](O)[C@@H](COP(=O)(O)O[C@H]3C[C@H](n4cnc5c(=O)[nH]c(N)nc54)O[C@@H]3COP(=O)(O)O[C@H]3C[C@H](n4cnc5c(=O)[nH]c(N)nc54)O[C@@H]3COP(=O)(O)O[C@H]3C[C@H](n4cnc5c(=O)[nH]c(N)nc54)O[C@@H]3COP(=O)(O)O[C@H]3C[C@H](n4cnc5c(=O)[nH]c(N)nc54)O[C@@H]3COP(=O)(O)O)O2)c(=O)[nH]c1=O. The molecule has 0 bridgehead atoms. The molecule has 59 heteroatoms. The zero-order valence-electron chi connectivity index (χ0n) is 55.3. The van der Waals surface area contributed by atoms with Gasteiger partial charge in [0.05, 0.1) is 64.4 Å². The maximum Gasteiger partial charge on any atom is 0.472 e. The van der Waals surface area contributed by atoms with Crippen molar-refractivity contribution in [2.45, 2.75) is 131 Å². The van der Waals surface area contributed by atoms with Crippen LogP contribution in [-0.4, -0.2) is 216 Å². The summed E-state index contributed by atoms with van der Waals surface area (Å²) in [6, 6.07) is 0. The van der Waals surface area contributed by atoms with Crippen molar-refractivity contribution < 1.29 is 122 Å². The molecule has 20 N–H and O–H groups in total. The first-order valence-electron chi connectivity index (χ1n) is 31.9. The summed E-state index contributed by atoms with van der Waals surface area (Å²) in [5.74, 6) is -1.48. The third-order valence-electron chi connectivity index (χ3n) is 17.5. The number of phosphoric acid groups is 5. The lowest BCUT2D eigenvalue weighted by Crippen LogP contribution is -2.33. The molecule has 4 unspecified atom stereocenters. The Morgan fingerprint density at radius 2 is 0.670 bits per heavy atom. The second-order valence-electron chi connectivity index (χ2n) is 24.9. The minimum Gasteiger partial charge on any atom is -0.390 e. The second kappa shape index (κ2) is 29.7. The molecule has 0 amide bonds. The number of imidazole rings is 4. The zero-order chi connectivity index (χ0) is 77.7. The quantitative estimate of drug-likeness (QED) is 0.0213. The number of nitrogens with zero attached hydrogens (tertiary/aromatic N) is 13. The Bertz CT molecular complexity index is 5640. The Morgan fingerprint density at radius 1 is 0.404 bits per heavy atom. The highest BCUT2D eigenvalue weighted by molar-refractivity contribution is 7.48. The number of aliphatic hydroxyl groups excluding tert-OH is 1. The van der Waals surface area contributed by atoms with Gasteiger partial charge in [-0.15, -0.1) is 0 Å². The summed E-state index contributed by atoms with van der Waals surface area (Å²) in [5, 5.41) is 10.9. The molecule has 5 saturated heterocycles. The van der Waals surface area contributed by atoms with Crippen molar-refractivity contribution in [2.24, 2.45) is 0 Å². The Balaban J connectivity index is 0.688. The predicted octanol–water partition coefficient (Wildman–Crippen LogP) is -3.38.